The first-order valence-electron chi connectivity index (χ1n) is 7.28. The third kappa shape index (κ3) is 5.01. The SMILES string of the molecule is CSc1cccc(NC(=O)CN(c2ccc(C)cc2)S(C)(=O)=O)c1. The van der Waals surface area contributed by atoms with Crippen molar-refractivity contribution in [2.45, 2.75) is 11.8 Å². The molecule has 2 aromatic rings. The Balaban J connectivity index is 2.17. The van der Waals surface area contributed by atoms with E-state index in [0.717, 1.165) is 21.0 Å². The topological polar surface area (TPSA) is 66.5 Å². The molecular formula is C17H20N2O3S2. The molecule has 1 amide bonds. The largest absolute Gasteiger partial charge is 0.324 e. The Bertz CT molecular complexity index is 818. The van der Waals surface area contributed by atoms with Crippen LogP contribution in [0.15, 0.2) is 53.4 Å². The Kier molecular flexibility index (Phi) is 5.90. The van der Waals surface area contributed by atoms with Gasteiger partial charge in [0.05, 0.1) is 11.9 Å². The molecule has 0 saturated carbocycles. The number of anilines is 2. The van der Waals surface area contributed by atoms with Crippen molar-refractivity contribution in [1.29, 1.82) is 0 Å². The van der Waals surface area contributed by atoms with Crippen LogP contribution in [-0.2, 0) is 14.8 Å². The second-order valence-electron chi connectivity index (χ2n) is 5.39. The first-order chi connectivity index (χ1) is 11.3. The molecule has 0 heterocycles. The van der Waals surface area contributed by atoms with Crippen molar-refractivity contribution in [1.82, 2.24) is 0 Å². The number of carbonyl (C=O) groups is 1. The lowest BCUT2D eigenvalue weighted by Crippen LogP contribution is -2.37. The van der Waals surface area contributed by atoms with E-state index in [2.05, 4.69) is 5.32 Å². The molecule has 0 aliphatic rings. The van der Waals surface area contributed by atoms with Crippen LogP contribution in [0.4, 0.5) is 11.4 Å². The summed E-state index contributed by atoms with van der Waals surface area (Å²) in [6, 6.07) is 14.4. The van der Waals surface area contributed by atoms with Crippen LogP contribution < -0.4 is 9.62 Å². The molecular weight excluding hydrogens is 344 g/mol. The lowest BCUT2D eigenvalue weighted by molar-refractivity contribution is -0.114. The Hall–Kier alpha value is -1.99. The van der Waals surface area contributed by atoms with Crippen LogP contribution in [0.25, 0.3) is 0 Å². The predicted molar refractivity (Wildman–Crippen MR) is 100 cm³/mol. The van der Waals surface area contributed by atoms with E-state index in [4.69, 9.17) is 0 Å². The molecule has 0 unspecified atom stereocenters. The van der Waals surface area contributed by atoms with Gasteiger partial charge in [-0.25, -0.2) is 8.42 Å². The van der Waals surface area contributed by atoms with Gasteiger partial charge in [-0.15, -0.1) is 11.8 Å². The minimum Gasteiger partial charge on any atom is -0.324 e. The number of nitrogens with one attached hydrogen (secondary N) is 1. The first-order valence-corrected chi connectivity index (χ1v) is 10.3. The molecule has 0 bridgehead atoms. The molecule has 2 aromatic carbocycles. The highest BCUT2D eigenvalue weighted by Gasteiger charge is 2.20. The van der Waals surface area contributed by atoms with Gasteiger partial charge in [-0.3, -0.25) is 9.10 Å². The number of hydrogen-bond acceptors (Lipinski definition) is 4. The third-order valence-corrected chi connectivity index (χ3v) is 5.23. The van der Waals surface area contributed by atoms with Crippen LogP contribution in [0.5, 0.6) is 0 Å². The molecule has 0 spiro atoms. The van der Waals surface area contributed by atoms with Crippen molar-refractivity contribution in [2.24, 2.45) is 0 Å². The standard InChI is InChI=1S/C17H20N2O3S2/c1-13-7-9-15(10-8-13)19(24(3,21)22)12-17(20)18-14-5-4-6-16(11-14)23-2/h4-11H,12H2,1-3H3,(H,18,20). The fraction of sp³-hybridized carbons (Fsp3) is 0.235. The van der Waals surface area contributed by atoms with Gasteiger partial charge in [0.2, 0.25) is 15.9 Å². The zero-order valence-corrected chi connectivity index (χ0v) is 15.4. The monoisotopic (exact) mass is 364 g/mol. The Morgan fingerprint density at radius 2 is 1.83 bits per heavy atom. The number of rotatable bonds is 6. The molecule has 0 aliphatic carbocycles. The maximum Gasteiger partial charge on any atom is 0.245 e. The summed E-state index contributed by atoms with van der Waals surface area (Å²) in [5.74, 6) is -0.390. The molecule has 5 nitrogen and oxygen atoms in total. The number of carbonyl (C=O) groups excluding carboxylic acids is 1. The lowest BCUT2D eigenvalue weighted by atomic mass is 10.2. The average Bonchev–Trinajstić information content (AvgIpc) is 2.53. The summed E-state index contributed by atoms with van der Waals surface area (Å²) in [6.07, 6.45) is 3.04. The van der Waals surface area contributed by atoms with Gasteiger partial charge >= 0.3 is 0 Å². The highest BCUT2D eigenvalue weighted by molar-refractivity contribution is 7.98. The second kappa shape index (κ2) is 7.72. The number of sulfonamides is 1. The number of amides is 1. The molecule has 0 atom stereocenters. The van der Waals surface area contributed by atoms with Gasteiger partial charge in [-0.1, -0.05) is 23.8 Å². The fourth-order valence-electron chi connectivity index (χ4n) is 2.14. The summed E-state index contributed by atoms with van der Waals surface area (Å²) in [5, 5.41) is 2.74. The maximum atomic E-state index is 12.3. The molecule has 1 N–H and O–H groups in total. The van der Waals surface area contributed by atoms with E-state index >= 15 is 0 Å². The van der Waals surface area contributed by atoms with Crippen LogP contribution in [-0.4, -0.2) is 33.4 Å². The van der Waals surface area contributed by atoms with Gasteiger partial charge in [-0.2, -0.15) is 0 Å². The quantitative estimate of drug-likeness (QED) is 0.800. The van der Waals surface area contributed by atoms with Crippen molar-refractivity contribution >= 4 is 39.1 Å². The van der Waals surface area contributed by atoms with Gasteiger partial charge in [0, 0.05) is 10.6 Å². The lowest BCUT2D eigenvalue weighted by Gasteiger charge is -2.22. The summed E-state index contributed by atoms with van der Waals surface area (Å²) < 4.78 is 25.2. The van der Waals surface area contributed by atoms with E-state index in [1.165, 1.54) is 0 Å². The highest BCUT2D eigenvalue weighted by atomic mass is 32.2. The van der Waals surface area contributed by atoms with E-state index in [1.807, 2.05) is 43.5 Å². The van der Waals surface area contributed by atoms with Crippen LogP contribution in [0.2, 0.25) is 0 Å². The van der Waals surface area contributed by atoms with Crippen molar-refractivity contribution in [3.8, 4) is 0 Å². The Morgan fingerprint density at radius 3 is 2.42 bits per heavy atom. The van der Waals surface area contributed by atoms with Gasteiger partial charge in [0.25, 0.3) is 0 Å². The first kappa shape index (κ1) is 18.4. The molecule has 7 heteroatoms. The number of hydrogen-bond donors (Lipinski definition) is 1. The van der Waals surface area contributed by atoms with Crippen molar-refractivity contribution < 1.29 is 13.2 Å². The van der Waals surface area contributed by atoms with Crippen LogP contribution >= 0.6 is 11.8 Å². The zero-order valence-electron chi connectivity index (χ0n) is 13.8. The minimum absolute atomic E-state index is 0.272. The molecule has 128 valence electrons. The van der Waals surface area contributed by atoms with Crippen molar-refractivity contribution in [3.63, 3.8) is 0 Å². The van der Waals surface area contributed by atoms with Crippen LogP contribution in [0, 0.1) is 6.92 Å². The maximum absolute atomic E-state index is 12.3. The Labute approximate surface area is 147 Å². The normalized spacial score (nSPS) is 11.1. The van der Waals surface area contributed by atoms with E-state index < -0.39 is 10.0 Å². The molecule has 0 aliphatic heterocycles. The zero-order chi connectivity index (χ0) is 17.7. The summed E-state index contributed by atoms with van der Waals surface area (Å²) in [6.45, 7) is 1.64. The van der Waals surface area contributed by atoms with E-state index in [0.29, 0.717) is 11.4 Å². The summed E-state index contributed by atoms with van der Waals surface area (Å²) in [4.78, 5) is 13.3. The molecule has 0 fully saturated rings. The molecule has 0 saturated heterocycles. The number of nitrogens with zero attached hydrogens (tertiary/aromatic N) is 1. The smallest absolute Gasteiger partial charge is 0.245 e. The summed E-state index contributed by atoms with van der Waals surface area (Å²) in [7, 11) is -3.56. The number of thioether (sulfide) groups is 1. The highest BCUT2D eigenvalue weighted by Crippen LogP contribution is 2.20. The van der Waals surface area contributed by atoms with Crippen LogP contribution in [0.3, 0.4) is 0 Å². The third-order valence-electron chi connectivity index (χ3n) is 3.36. The molecule has 2 rings (SSSR count). The number of aryl methyl sites for hydroxylation is 1. The summed E-state index contributed by atoms with van der Waals surface area (Å²) >= 11 is 1.57. The number of benzene rings is 2. The van der Waals surface area contributed by atoms with E-state index in [-0.39, 0.29) is 12.5 Å². The Morgan fingerprint density at radius 1 is 1.17 bits per heavy atom. The van der Waals surface area contributed by atoms with Crippen molar-refractivity contribution in [3.05, 3.63) is 54.1 Å². The van der Waals surface area contributed by atoms with Gasteiger partial charge in [-0.05, 0) is 43.5 Å². The van der Waals surface area contributed by atoms with Gasteiger partial charge in [0.15, 0.2) is 0 Å². The predicted octanol–water partition coefficient (Wildman–Crippen LogP) is 3.12. The molecule has 0 radical (unpaired) electrons. The second-order valence-corrected chi connectivity index (χ2v) is 8.17. The van der Waals surface area contributed by atoms with Crippen LogP contribution in [0.1, 0.15) is 5.56 Å². The summed E-state index contributed by atoms with van der Waals surface area (Å²) in [5.41, 5.74) is 2.13. The minimum atomic E-state index is -3.56. The van der Waals surface area contributed by atoms with E-state index in [1.54, 1.807) is 30.0 Å². The van der Waals surface area contributed by atoms with E-state index in [9.17, 15) is 13.2 Å². The average molecular weight is 364 g/mol. The molecule has 0 aromatic heterocycles. The fourth-order valence-corrected chi connectivity index (χ4v) is 3.46. The van der Waals surface area contributed by atoms with Crippen molar-refractivity contribution in [2.75, 3.05) is 28.7 Å². The van der Waals surface area contributed by atoms with Gasteiger partial charge in [0.1, 0.15) is 6.54 Å². The van der Waals surface area contributed by atoms with Gasteiger partial charge < -0.3 is 5.32 Å². The molecule has 24 heavy (non-hydrogen) atoms.